The Labute approximate surface area is 76.3 Å². The molecule has 4 nitrogen and oxygen atoms in total. The minimum Gasteiger partial charge on any atom is -0.481 e. The molecule has 0 aromatic heterocycles. The van der Waals surface area contributed by atoms with Gasteiger partial charge in [0.25, 0.3) is 0 Å². The molecule has 1 aromatic carbocycles. The van der Waals surface area contributed by atoms with Crippen molar-refractivity contribution in [1.82, 2.24) is 0 Å². The molecule has 2 N–H and O–H groups in total. The van der Waals surface area contributed by atoms with Crippen LogP contribution in [0.1, 0.15) is 5.56 Å². The molecule has 0 spiro atoms. The maximum absolute atomic E-state index is 10.5. The summed E-state index contributed by atoms with van der Waals surface area (Å²) in [6, 6.07) is 7.02. The first-order valence-corrected chi connectivity index (χ1v) is 5.51. The molecular weight excluding hydrogens is 191 g/mol. The van der Waals surface area contributed by atoms with E-state index in [1.165, 1.54) is 0 Å². The lowest BCUT2D eigenvalue weighted by atomic mass is 10.2. The lowest BCUT2D eigenvalue weighted by Crippen LogP contribution is -1.97. The fourth-order valence-electron chi connectivity index (χ4n) is 0.864. The SMILES string of the molecule is Cc1cccc(OCP(=O)(O)O)c1. The van der Waals surface area contributed by atoms with E-state index in [0.717, 1.165) is 5.56 Å². The van der Waals surface area contributed by atoms with Gasteiger partial charge in [0.1, 0.15) is 5.75 Å². The van der Waals surface area contributed by atoms with Gasteiger partial charge in [0.05, 0.1) is 0 Å². The predicted octanol–water partition coefficient (Wildman–Crippen LogP) is 1.51. The van der Waals surface area contributed by atoms with Crippen molar-refractivity contribution in [1.29, 1.82) is 0 Å². The molecule has 0 amide bonds. The molecule has 0 atom stereocenters. The van der Waals surface area contributed by atoms with Crippen LogP contribution in [0.3, 0.4) is 0 Å². The molecule has 0 aliphatic carbocycles. The number of rotatable bonds is 3. The zero-order valence-corrected chi connectivity index (χ0v) is 8.07. The van der Waals surface area contributed by atoms with Crippen LogP contribution >= 0.6 is 7.60 Å². The van der Waals surface area contributed by atoms with Crippen molar-refractivity contribution in [3.63, 3.8) is 0 Å². The Morgan fingerprint density at radius 1 is 1.46 bits per heavy atom. The first-order valence-electron chi connectivity index (χ1n) is 3.71. The predicted molar refractivity (Wildman–Crippen MR) is 48.7 cm³/mol. The van der Waals surface area contributed by atoms with Gasteiger partial charge in [-0.3, -0.25) is 4.57 Å². The molecule has 72 valence electrons. The van der Waals surface area contributed by atoms with Gasteiger partial charge >= 0.3 is 7.60 Å². The zero-order chi connectivity index (χ0) is 9.90. The molecule has 0 aliphatic heterocycles. The second-order valence-electron chi connectivity index (χ2n) is 2.75. The highest BCUT2D eigenvalue weighted by Gasteiger charge is 2.13. The van der Waals surface area contributed by atoms with Crippen molar-refractivity contribution in [2.24, 2.45) is 0 Å². The average Bonchev–Trinajstić information content (AvgIpc) is 2.00. The lowest BCUT2D eigenvalue weighted by molar-refractivity contribution is 0.300. The number of hydrogen-bond donors (Lipinski definition) is 2. The van der Waals surface area contributed by atoms with E-state index in [1.807, 2.05) is 13.0 Å². The van der Waals surface area contributed by atoms with Gasteiger partial charge in [-0.1, -0.05) is 12.1 Å². The number of ether oxygens (including phenoxy) is 1. The molecule has 0 radical (unpaired) electrons. The van der Waals surface area contributed by atoms with E-state index in [1.54, 1.807) is 18.2 Å². The molecule has 0 heterocycles. The molecule has 0 saturated carbocycles. The van der Waals surface area contributed by atoms with Crippen molar-refractivity contribution < 1.29 is 19.1 Å². The van der Waals surface area contributed by atoms with Crippen molar-refractivity contribution in [2.75, 3.05) is 6.35 Å². The summed E-state index contributed by atoms with van der Waals surface area (Å²) in [6.07, 6.45) is -0.573. The summed E-state index contributed by atoms with van der Waals surface area (Å²) in [4.78, 5) is 17.1. The van der Waals surface area contributed by atoms with E-state index in [-0.39, 0.29) is 0 Å². The fraction of sp³-hybridized carbons (Fsp3) is 0.250. The Bertz CT molecular complexity index is 331. The van der Waals surface area contributed by atoms with Gasteiger partial charge in [0.2, 0.25) is 0 Å². The summed E-state index contributed by atoms with van der Waals surface area (Å²) in [5.41, 5.74) is 0.989. The monoisotopic (exact) mass is 202 g/mol. The molecule has 0 fully saturated rings. The summed E-state index contributed by atoms with van der Waals surface area (Å²) in [6.45, 7) is 1.88. The second-order valence-corrected chi connectivity index (χ2v) is 4.34. The molecule has 0 aliphatic rings. The van der Waals surface area contributed by atoms with Crippen LogP contribution < -0.4 is 4.74 Å². The first kappa shape index (κ1) is 10.3. The molecule has 13 heavy (non-hydrogen) atoms. The average molecular weight is 202 g/mol. The van der Waals surface area contributed by atoms with Crippen LogP contribution in [0.5, 0.6) is 5.75 Å². The minimum absolute atomic E-state index is 0.475. The van der Waals surface area contributed by atoms with E-state index in [0.29, 0.717) is 5.75 Å². The smallest absolute Gasteiger partial charge is 0.362 e. The number of hydrogen-bond acceptors (Lipinski definition) is 2. The maximum atomic E-state index is 10.5. The largest absolute Gasteiger partial charge is 0.481 e. The molecular formula is C8H11O4P. The normalized spacial score (nSPS) is 11.3. The van der Waals surface area contributed by atoms with Crippen LogP contribution in [0.15, 0.2) is 24.3 Å². The Balaban J connectivity index is 2.60. The number of aryl methyl sites for hydroxylation is 1. The zero-order valence-electron chi connectivity index (χ0n) is 7.17. The van der Waals surface area contributed by atoms with Crippen LogP contribution in [0.4, 0.5) is 0 Å². The Morgan fingerprint density at radius 3 is 2.69 bits per heavy atom. The van der Waals surface area contributed by atoms with Crippen LogP contribution in [0.25, 0.3) is 0 Å². The molecule has 0 bridgehead atoms. The third kappa shape index (κ3) is 4.08. The topological polar surface area (TPSA) is 66.8 Å². The van der Waals surface area contributed by atoms with E-state index >= 15 is 0 Å². The van der Waals surface area contributed by atoms with Crippen LogP contribution in [-0.2, 0) is 4.57 Å². The highest BCUT2D eigenvalue weighted by molar-refractivity contribution is 7.51. The molecule has 5 heteroatoms. The minimum atomic E-state index is -4.07. The quantitative estimate of drug-likeness (QED) is 0.729. The summed E-state index contributed by atoms with van der Waals surface area (Å²) >= 11 is 0. The third-order valence-corrected chi connectivity index (χ3v) is 1.85. The molecule has 0 saturated heterocycles. The van der Waals surface area contributed by atoms with E-state index < -0.39 is 13.9 Å². The van der Waals surface area contributed by atoms with Crippen molar-refractivity contribution in [3.05, 3.63) is 29.8 Å². The Morgan fingerprint density at radius 2 is 2.15 bits per heavy atom. The van der Waals surface area contributed by atoms with Crippen LogP contribution in [0, 0.1) is 6.92 Å². The lowest BCUT2D eigenvalue weighted by Gasteiger charge is -2.07. The van der Waals surface area contributed by atoms with Gasteiger partial charge in [-0.15, -0.1) is 0 Å². The molecule has 1 aromatic rings. The van der Waals surface area contributed by atoms with Crippen molar-refractivity contribution in [2.45, 2.75) is 6.92 Å². The van der Waals surface area contributed by atoms with Crippen molar-refractivity contribution >= 4 is 7.60 Å². The number of benzene rings is 1. The van der Waals surface area contributed by atoms with Gasteiger partial charge in [-0.25, -0.2) is 0 Å². The highest BCUT2D eigenvalue weighted by Crippen LogP contribution is 2.34. The van der Waals surface area contributed by atoms with Gasteiger partial charge in [-0.05, 0) is 24.6 Å². The van der Waals surface area contributed by atoms with Crippen LogP contribution in [-0.4, -0.2) is 16.1 Å². The summed E-state index contributed by atoms with van der Waals surface area (Å²) in [7, 11) is -4.07. The van der Waals surface area contributed by atoms with Gasteiger partial charge in [0.15, 0.2) is 6.35 Å². The summed E-state index contributed by atoms with van der Waals surface area (Å²) in [5.74, 6) is 0.475. The summed E-state index contributed by atoms with van der Waals surface area (Å²) < 4.78 is 15.3. The standard InChI is InChI=1S/C8H11O4P/c1-7-3-2-4-8(5-7)12-6-13(9,10)11/h2-5H,6H2,1H3,(H2,9,10,11). The van der Waals surface area contributed by atoms with Gasteiger partial charge in [0, 0.05) is 0 Å². The third-order valence-electron chi connectivity index (χ3n) is 1.39. The van der Waals surface area contributed by atoms with Gasteiger partial charge in [-0.2, -0.15) is 0 Å². The van der Waals surface area contributed by atoms with E-state index in [4.69, 9.17) is 14.5 Å². The second kappa shape index (κ2) is 3.92. The highest BCUT2D eigenvalue weighted by atomic mass is 31.2. The summed E-state index contributed by atoms with van der Waals surface area (Å²) in [5, 5.41) is 0. The van der Waals surface area contributed by atoms with E-state index in [9.17, 15) is 4.57 Å². The molecule has 0 unspecified atom stereocenters. The fourth-order valence-corrected chi connectivity index (χ4v) is 1.18. The Hall–Kier alpha value is -0.830. The van der Waals surface area contributed by atoms with E-state index in [2.05, 4.69) is 0 Å². The van der Waals surface area contributed by atoms with Crippen LogP contribution in [0.2, 0.25) is 0 Å². The molecule has 1 rings (SSSR count). The Kier molecular flexibility index (Phi) is 3.09. The van der Waals surface area contributed by atoms with Crippen molar-refractivity contribution in [3.8, 4) is 5.75 Å². The van der Waals surface area contributed by atoms with Gasteiger partial charge < -0.3 is 14.5 Å². The maximum Gasteiger partial charge on any atom is 0.362 e. The first-order chi connectivity index (χ1) is 5.97.